The Morgan fingerprint density at radius 1 is 1.27 bits per heavy atom. The average molecular weight is 320 g/mol. The zero-order valence-corrected chi connectivity index (χ0v) is 13.6. The van der Waals surface area contributed by atoms with E-state index in [1.165, 1.54) is 0 Å². The van der Waals surface area contributed by atoms with Crippen LogP contribution in [0.25, 0.3) is 0 Å². The molecule has 118 valence electrons. The Morgan fingerprint density at radius 2 is 2.05 bits per heavy atom. The number of methoxy groups -OCH3 is 2. The minimum Gasteiger partial charge on any atom is -0.497 e. The van der Waals surface area contributed by atoms with E-state index in [1.807, 2.05) is 29.6 Å². The van der Waals surface area contributed by atoms with Crippen molar-refractivity contribution in [3.05, 3.63) is 45.9 Å². The summed E-state index contributed by atoms with van der Waals surface area (Å²) in [6, 6.07) is 7.51. The van der Waals surface area contributed by atoms with Gasteiger partial charge in [-0.3, -0.25) is 4.79 Å². The fourth-order valence-corrected chi connectivity index (χ4v) is 2.77. The number of aromatic nitrogens is 1. The summed E-state index contributed by atoms with van der Waals surface area (Å²) in [5, 5.41) is 5.88. The molecule has 0 saturated heterocycles. The maximum atomic E-state index is 11.9. The molecule has 1 heterocycles. The van der Waals surface area contributed by atoms with Gasteiger partial charge >= 0.3 is 0 Å². The van der Waals surface area contributed by atoms with Gasteiger partial charge in [-0.15, -0.1) is 11.3 Å². The fourth-order valence-electron chi connectivity index (χ4n) is 1.97. The van der Waals surface area contributed by atoms with Crippen molar-refractivity contribution in [2.45, 2.75) is 19.4 Å². The zero-order valence-electron chi connectivity index (χ0n) is 12.8. The first-order valence-electron chi connectivity index (χ1n) is 7.03. The molecule has 0 aliphatic carbocycles. The van der Waals surface area contributed by atoms with Gasteiger partial charge < -0.3 is 14.8 Å². The van der Waals surface area contributed by atoms with E-state index in [0.717, 1.165) is 28.4 Å². The number of ether oxygens (including phenoxy) is 2. The van der Waals surface area contributed by atoms with Gasteiger partial charge in [0.25, 0.3) is 0 Å². The van der Waals surface area contributed by atoms with Crippen LogP contribution in [0.3, 0.4) is 0 Å². The molecule has 2 aromatic rings. The predicted molar refractivity (Wildman–Crippen MR) is 86.2 cm³/mol. The minimum absolute atomic E-state index is 0.0116. The summed E-state index contributed by atoms with van der Waals surface area (Å²) in [4.78, 5) is 16.3. The van der Waals surface area contributed by atoms with Crippen molar-refractivity contribution < 1.29 is 14.3 Å². The predicted octanol–water partition coefficient (Wildman–Crippen LogP) is 2.20. The van der Waals surface area contributed by atoms with E-state index < -0.39 is 0 Å². The average Bonchev–Trinajstić information content (AvgIpc) is 2.96. The molecule has 5 nitrogen and oxygen atoms in total. The van der Waals surface area contributed by atoms with Crippen LogP contribution in [0.1, 0.15) is 16.3 Å². The summed E-state index contributed by atoms with van der Waals surface area (Å²) in [5.74, 6) is 0.803. The van der Waals surface area contributed by atoms with Gasteiger partial charge in [-0.25, -0.2) is 4.98 Å². The molecule has 2 rings (SSSR count). The molecule has 1 aromatic carbocycles. The standard InChI is InChI=1S/C16H20N2O3S/c1-20-10-16-18-13(11-22-16)7-8-17-15(19)9-12-3-5-14(21-2)6-4-12/h3-6,11H,7-10H2,1-2H3,(H,17,19). The van der Waals surface area contributed by atoms with Crippen LogP contribution in [0.2, 0.25) is 0 Å². The first-order chi connectivity index (χ1) is 10.7. The van der Waals surface area contributed by atoms with Crippen LogP contribution in [0.15, 0.2) is 29.6 Å². The smallest absolute Gasteiger partial charge is 0.224 e. The molecule has 1 aromatic heterocycles. The van der Waals surface area contributed by atoms with Gasteiger partial charge in [0, 0.05) is 25.5 Å². The lowest BCUT2D eigenvalue weighted by atomic mass is 10.1. The van der Waals surface area contributed by atoms with Crippen molar-refractivity contribution in [1.29, 1.82) is 0 Å². The zero-order chi connectivity index (χ0) is 15.8. The van der Waals surface area contributed by atoms with Gasteiger partial charge in [-0.1, -0.05) is 12.1 Å². The molecule has 0 bridgehead atoms. The van der Waals surface area contributed by atoms with E-state index in [1.54, 1.807) is 25.6 Å². The van der Waals surface area contributed by atoms with Crippen molar-refractivity contribution >= 4 is 17.2 Å². The molecule has 22 heavy (non-hydrogen) atoms. The minimum atomic E-state index is 0.0116. The Morgan fingerprint density at radius 3 is 2.73 bits per heavy atom. The summed E-state index contributed by atoms with van der Waals surface area (Å²) >= 11 is 1.58. The third kappa shape index (κ3) is 5.13. The Labute approximate surface area is 134 Å². The van der Waals surface area contributed by atoms with Gasteiger partial charge in [-0.2, -0.15) is 0 Å². The quantitative estimate of drug-likeness (QED) is 0.810. The number of amides is 1. The lowest BCUT2D eigenvalue weighted by Crippen LogP contribution is -2.27. The Kier molecular flexibility index (Phi) is 6.36. The molecule has 0 aliphatic heterocycles. The number of nitrogens with zero attached hydrogens (tertiary/aromatic N) is 1. The second kappa shape index (κ2) is 8.51. The number of nitrogens with one attached hydrogen (secondary N) is 1. The van der Waals surface area contributed by atoms with Gasteiger partial charge in [0.05, 0.1) is 25.8 Å². The normalized spacial score (nSPS) is 10.5. The molecule has 0 saturated carbocycles. The second-order valence-corrected chi connectivity index (χ2v) is 5.73. The van der Waals surface area contributed by atoms with Crippen LogP contribution in [0, 0.1) is 0 Å². The van der Waals surface area contributed by atoms with E-state index in [9.17, 15) is 4.79 Å². The van der Waals surface area contributed by atoms with Crippen molar-refractivity contribution in [3.63, 3.8) is 0 Å². The maximum absolute atomic E-state index is 11.9. The number of benzene rings is 1. The Balaban J connectivity index is 1.72. The van der Waals surface area contributed by atoms with E-state index in [2.05, 4.69) is 10.3 Å². The molecule has 0 atom stereocenters. The van der Waals surface area contributed by atoms with Crippen molar-refractivity contribution in [2.75, 3.05) is 20.8 Å². The Bertz CT molecular complexity index is 596. The number of thiazole rings is 1. The van der Waals surface area contributed by atoms with E-state index in [-0.39, 0.29) is 5.91 Å². The first kappa shape index (κ1) is 16.5. The molecule has 6 heteroatoms. The summed E-state index contributed by atoms with van der Waals surface area (Å²) in [5.41, 5.74) is 1.95. The highest BCUT2D eigenvalue weighted by Crippen LogP contribution is 2.12. The topological polar surface area (TPSA) is 60.5 Å². The van der Waals surface area contributed by atoms with E-state index in [0.29, 0.717) is 19.6 Å². The molecule has 0 radical (unpaired) electrons. The molecule has 0 unspecified atom stereocenters. The molecule has 0 aliphatic rings. The molecule has 0 fully saturated rings. The van der Waals surface area contributed by atoms with Crippen LogP contribution in [-0.4, -0.2) is 31.7 Å². The van der Waals surface area contributed by atoms with E-state index >= 15 is 0 Å². The largest absolute Gasteiger partial charge is 0.497 e. The molecular formula is C16H20N2O3S. The number of carbonyl (C=O) groups excluding carboxylic acids is 1. The van der Waals surface area contributed by atoms with Crippen LogP contribution < -0.4 is 10.1 Å². The summed E-state index contributed by atoms with van der Waals surface area (Å²) in [6.45, 7) is 1.12. The third-order valence-electron chi connectivity index (χ3n) is 3.09. The van der Waals surface area contributed by atoms with Crippen molar-refractivity contribution in [3.8, 4) is 5.75 Å². The number of hydrogen-bond donors (Lipinski definition) is 1. The summed E-state index contributed by atoms with van der Waals surface area (Å²) < 4.78 is 10.1. The number of hydrogen-bond acceptors (Lipinski definition) is 5. The van der Waals surface area contributed by atoms with E-state index in [4.69, 9.17) is 9.47 Å². The van der Waals surface area contributed by atoms with Crippen molar-refractivity contribution in [2.24, 2.45) is 0 Å². The highest BCUT2D eigenvalue weighted by molar-refractivity contribution is 7.09. The van der Waals surface area contributed by atoms with Gasteiger partial charge in [0.2, 0.25) is 5.91 Å². The lowest BCUT2D eigenvalue weighted by molar-refractivity contribution is -0.120. The summed E-state index contributed by atoms with van der Waals surface area (Å²) in [6.07, 6.45) is 1.10. The maximum Gasteiger partial charge on any atom is 0.224 e. The van der Waals surface area contributed by atoms with Crippen molar-refractivity contribution in [1.82, 2.24) is 10.3 Å². The molecule has 1 amide bonds. The number of carbonyl (C=O) groups is 1. The second-order valence-electron chi connectivity index (χ2n) is 4.79. The lowest BCUT2D eigenvalue weighted by Gasteiger charge is -2.05. The summed E-state index contributed by atoms with van der Waals surface area (Å²) in [7, 11) is 3.28. The highest BCUT2D eigenvalue weighted by atomic mass is 32.1. The van der Waals surface area contributed by atoms with Gasteiger partial charge in [-0.05, 0) is 17.7 Å². The van der Waals surface area contributed by atoms with Crippen LogP contribution in [0.4, 0.5) is 0 Å². The highest BCUT2D eigenvalue weighted by Gasteiger charge is 2.05. The van der Waals surface area contributed by atoms with Crippen LogP contribution in [0.5, 0.6) is 5.75 Å². The van der Waals surface area contributed by atoms with Crippen LogP contribution in [-0.2, 0) is 29.0 Å². The monoisotopic (exact) mass is 320 g/mol. The third-order valence-corrected chi connectivity index (χ3v) is 3.97. The van der Waals surface area contributed by atoms with Gasteiger partial charge in [0.15, 0.2) is 0 Å². The molecule has 1 N–H and O–H groups in total. The van der Waals surface area contributed by atoms with Gasteiger partial charge in [0.1, 0.15) is 10.8 Å². The first-order valence-corrected chi connectivity index (χ1v) is 7.91. The number of rotatable bonds is 8. The molecule has 0 spiro atoms. The SMILES string of the molecule is COCc1nc(CCNC(=O)Cc2ccc(OC)cc2)cs1. The van der Waals surface area contributed by atoms with Crippen LogP contribution >= 0.6 is 11.3 Å². The fraction of sp³-hybridized carbons (Fsp3) is 0.375. The molecular weight excluding hydrogens is 300 g/mol. The Hall–Kier alpha value is -1.92.